The number of rotatable bonds is 14. The zero-order valence-electron chi connectivity index (χ0n) is 13.6. The molecule has 0 rings (SSSR count). The van der Waals surface area contributed by atoms with E-state index in [2.05, 4.69) is 39.0 Å². The molecule has 114 valence electrons. The first-order valence-electron chi connectivity index (χ1n) is 7.79. The Morgan fingerprint density at radius 1 is 0.810 bits per heavy atom. The minimum atomic E-state index is 0.897. The third kappa shape index (κ3) is 10.7. The quantitative estimate of drug-likeness (QED) is 0.240. The van der Waals surface area contributed by atoms with Gasteiger partial charge in [-0.3, -0.25) is 0 Å². The second-order valence-corrected chi connectivity index (χ2v) is 5.39. The van der Waals surface area contributed by atoms with E-state index in [-0.39, 0.29) is 0 Å². The van der Waals surface area contributed by atoms with Crippen molar-refractivity contribution in [2.45, 2.75) is 51.4 Å². The maximum absolute atomic E-state index is 4.07. The molecule has 0 heteroatoms. The Morgan fingerprint density at radius 3 is 1.95 bits per heavy atom. The molecule has 0 aliphatic carbocycles. The standard InChI is InChI=1S/C21H31/c1-6-11-19(5)17-18-21(14-9-4)16-10-15-20(12-7-2)13-8-3/h6-9,18H,1-5,10-17H2/q+1. The van der Waals surface area contributed by atoms with Gasteiger partial charge in [0.2, 0.25) is 0 Å². The fraction of sp³-hybridized carbons (Fsp3) is 0.381. The zero-order chi connectivity index (χ0) is 15.9. The minimum Gasteiger partial charge on any atom is -0.103 e. The summed E-state index contributed by atoms with van der Waals surface area (Å²) in [6, 6.07) is 0. The highest BCUT2D eigenvalue weighted by atomic mass is 14.1. The van der Waals surface area contributed by atoms with Crippen LogP contribution < -0.4 is 0 Å². The summed E-state index contributed by atoms with van der Waals surface area (Å²) in [5, 5.41) is 0. The van der Waals surface area contributed by atoms with Crippen molar-refractivity contribution in [2.75, 3.05) is 0 Å². The normalized spacial score (nSPS) is 10.8. The van der Waals surface area contributed by atoms with Gasteiger partial charge in [-0.2, -0.15) is 0 Å². The topological polar surface area (TPSA) is 0 Å². The van der Waals surface area contributed by atoms with Crippen molar-refractivity contribution in [1.82, 2.24) is 0 Å². The molecule has 0 atom stereocenters. The van der Waals surface area contributed by atoms with Gasteiger partial charge in [0.1, 0.15) is 12.8 Å². The molecule has 0 heterocycles. The van der Waals surface area contributed by atoms with Crippen LogP contribution >= 0.6 is 0 Å². The molecular weight excluding hydrogens is 252 g/mol. The molecule has 0 aliphatic heterocycles. The van der Waals surface area contributed by atoms with Gasteiger partial charge in [0, 0.05) is 0 Å². The summed E-state index contributed by atoms with van der Waals surface area (Å²) in [6.45, 7) is 19.3. The van der Waals surface area contributed by atoms with Crippen molar-refractivity contribution in [2.24, 2.45) is 0 Å². The van der Waals surface area contributed by atoms with Crippen LogP contribution in [0.1, 0.15) is 51.4 Å². The molecule has 0 aliphatic rings. The highest BCUT2D eigenvalue weighted by molar-refractivity contribution is 5.13. The van der Waals surface area contributed by atoms with Crippen LogP contribution in [0.2, 0.25) is 0 Å². The van der Waals surface area contributed by atoms with Gasteiger partial charge < -0.3 is 0 Å². The van der Waals surface area contributed by atoms with E-state index in [1.165, 1.54) is 23.5 Å². The van der Waals surface area contributed by atoms with E-state index in [9.17, 15) is 0 Å². The third-order valence-corrected chi connectivity index (χ3v) is 3.41. The summed E-state index contributed by atoms with van der Waals surface area (Å²) in [7, 11) is 0. The van der Waals surface area contributed by atoms with Crippen LogP contribution in [0.3, 0.4) is 0 Å². The van der Waals surface area contributed by atoms with E-state index in [0.717, 1.165) is 44.9 Å². The van der Waals surface area contributed by atoms with Crippen molar-refractivity contribution >= 4 is 0 Å². The monoisotopic (exact) mass is 283 g/mol. The van der Waals surface area contributed by atoms with E-state index >= 15 is 0 Å². The minimum absolute atomic E-state index is 0.897. The summed E-state index contributed by atoms with van der Waals surface area (Å²) in [5.74, 6) is 1.52. The van der Waals surface area contributed by atoms with Gasteiger partial charge >= 0.3 is 0 Å². The maximum Gasteiger partial charge on any atom is 0.108 e. The zero-order valence-corrected chi connectivity index (χ0v) is 13.6. The van der Waals surface area contributed by atoms with Crippen LogP contribution in [0, 0.1) is 5.92 Å². The molecule has 0 aromatic carbocycles. The highest BCUT2D eigenvalue weighted by Gasteiger charge is 2.15. The molecule has 0 saturated carbocycles. The van der Waals surface area contributed by atoms with E-state index in [1.54, 1.807) is 0 Å². The predicted molar refractivity (Wildman–Crippen MR) is 98.2 cm³/mol. The molecule has 0 saturated heterocycles. The van der Waals surface area contributed by atoms with Crippen molar-refractivity contribution in [1.29, 1.82) is 0 Å². The average Bonchev–Trinajstić information content (AvgIpc) is 2.45. The summed E-state index contributed by atoms with van der Waals surface area (Å²) < 4.78 is 0. The van der Waals surface area contributed by atoms with E-state index in [0.29, 0.717) is 0 Å². The number of hydrogen-bond acceptors (Lipinski definition) is 0. The molecule has 0 spiro atoms. The van der Waals surface area contributed by atoms with Crippen molar-refractivity contribution < 1.29 is 0 Å². The second-order valence-electron chi connectivity index (χ2n) is 5.39. The molecule has 0 N–H and O–H groups in total. The van der Waals surface area contributed by atoms with E-state index in [1.807, 2.05) is 24.3 Å². The lowest BCUT2D eigenvalue weighted by atomic mass is 9.92. The second kappa shape index (κ2) is 13.3. The van der Waals surface area contributed by atoms with Gasteiger partial charge in [-0.05, 0) is 44.3 Å². The van der Waals surface area contributed by atoms with Crippen molar-refractivity contribution in [3.05, 3.63) is 80.3 Å². The van der Waals surface area contributed by atoms with Crippen molar-refractivity contribution in [3.63, 3.8) is 0 Å². The number of hydrogen-bond donors (Lipinski definition) is 0. The first kappa shape index (κ1) is 19.3. The van der Waals surface area contributed by atoms with Crippen LogP contribution in [-0.4, -0.2) is 0 Å². The lowest BCUT2D eigenvalue weighted by Crippen LogP contribution is -1.96. The van der Waals surface area contributed by atoms with E-state index < -0.39 is 0 Å². The molecule has 0 aromatic heterocycles. The Labute approximate surface area is 132 Å². The highest BCUT2D eigenvalue weighted by Crippen LogP contribution is 2.23. The average molecular weight is 283 g/mol. The van der Waals surface area contributed by atoms with Crippen LogP contribution in [0.5, 0.6) is 0 Å². The first-order chi connectivity index (χ1) is 10.2. The Morgan fingerprint density at radius 2 is 1.43 bits per heavy atom. The molecule has 0 fully saturated rings. The maximum atomic E-state index is 4.07. The molecule has 0 amide bonds. The Bertz CT molecular complexity index is 357. The van der Waals surface area contributed by atoms with E-state index in [4.69, 9.17) is 0 Å². The smallest absolute Gasteiger partial charge is 0.103 e. The Hall–Kier alpha value is -1.69. The van der Waals surface area contributed by atoms with Gasteiger partial charge in [0.05, 0.1) is 12.3 Å². The molecule has 0 bridgehead atoms. The van der Waals surface area contributed by atoms with Gasteiger partial charge in [-0.15, -0.1) is 13.2 Å². The van der Waals surface area contributed by atoms with Gasteiger partial charge in [0.25, 0.3) is 0 Å². The fourth-order valence-electron chi connectivity index (χ4n) is 2.31. The van der Waals surface area contributed by atoms with Crippen LogP contribution in [0.25, 0.3) is 0 Å². The lowest BCUT2D eigenvalue weighted by Gasteiger charge is -2.07. The first-order valence-corrected chi connectivity index (χ1v) is 7.79. The number of allylic oxidation sites excluding steroid dienone is 7. The van der Waals surface area contributed by atoms with Crippen molar-refractivity contribution in [3.8, 4) is 0 Å². The molecule has 21 heavy (non-hydrogen) atoms. The predicted octanol–water partition coefficient (Wildman–Crippen LogP) is 6.91. The largest absolute Gasteiger partial charge is 0.108 e. The Kier molecular flexibility index (Phi) is 12.2. The lowest BCUT2D eigenvalue weighted by molar-refractivity contribution is 0.687. The molecule has 0 unspecified atom stereocenters. The summed E-state index contributed by atoms with van der Waals surface area (Å²) >= 11 is 0. The van der Waals surface area contributed by atoms with Gasteiger partial charge in [-0.1, -0.05) is 49.1 Å². The fourth-order valence-corrected chi connectivity index (χ4v) is 2.31. The summed E-state index contributed by atoms with van der Waals surface area (Å²) in [4.78, 5) is 0. The van der Waals surface area contributed by atoms with Gasteiger partial charge in [-0.25, -0.2) is 0 Å². The summed E-state index contributed by atoms with van der Waals surface area (Å²) in [6.07, 6.45) is 18.5. The van der Waals surface area contributed by atoms with Crippen LogP contribution in [0.4, 0.5) is 0 Å². The van der Waals surface area contributed by atoms with Crippen LogP contribution in [0.15, 0.2) is 74.4 Å². The molecular formula is C21H31+. The molecule has 0 radical (unpaired) electrons. The molecule has 0 nitrogen and oxygen atoms in total. The molecule has 0 aromatic rings. The van der Waals surface area contributed by atoms with Crippen LogP contribution in [-0.2, 0) is 0 Å². The van der Waals surface area contributed by atoms with Gasteiger partial charge in [0.15, 0.2) is 0 Å². The Balaban J connectivity index is 4.29. The third-order valence-electron chi connectivity index (χ3n) is 3.41. The summed E-state index contributed by atoms with van der Waals surface area (Å²) in [5.41, 5.74) is 2.68. The SMILES string of the molecule is C=CCC(=C)CC=C(CC=C)CCC[C+](CC=C)CC=C.